The van der Waals surface area contributed by atoms with Crippen molar-refractivity contribution in [1.29, 1.82) is 0 Å². The van der Waals surface area contributed by atoms with Crippen LogP contribution in [0.4, 0.5) is 4.39 Å². The number of amides is 2. The number of rotatable bonds is 16. The fraction of sp³-hybridized carbons (Fsp3) is 0.317. The van der Waals surface area contributed by atoms with Gasteiger partial charge in [0.05, 0.1) is 12.0 Å². The molecule has 0 saturated heterocycles. The van der Waals surface area contributed by atoms with Gasteiger partial charge in [-0.15, -0.1) is 0 Å². The van der Waals surface area contributed by atoms with E-state index in [1.807, 2.05) is 99.6 Å². The molecule has 2 atom stereocenters. The Morgan fingerprint density at radius 1 is 0.667 bits per heavy atom. The maximum absolute atomic E-state index is 13.8. The zero-order valence-corrected chi connectivity index (χ0v) is 28.0. The average Bonchev–Trinajstić information content (AvgIpc) is 3.06. The second kappa shape index (κ2) is 17.3. The van der Waals surface area contributed by atoms with E-state index in [4.69, 9.17) is 0 Å². The molecule has 4 aromatic rings. The number of ketones is 2. The Kier molecular flexibility index (Phi) is 13.0. The van der Waals surface area contributed by atoms with Gasteiger partial charge in [-0.1, -0.05) is 97.1 Å². The van der Waals surface area contributed by atoms with Crippen LogP contribution in [0.2, 0.25) is 0 Å². The molecule has 4 rings (SSSR count). The second-order valence-corrected chi connectivity index (χ2v) is 13.4. The monoisotopic (exact) mass is 648 g/mol. The van der Waals surface area contributed by atoms with Crippen molar-refractivity contribution in [2.24, 2.45) is 5.92 Å². The van der Waals surface area contributed by atoms with Gasteiger partial charge in [-0.2, -0.15) is 0 Å². The summed E-state index contributed by atoms with van der Waals surface area (Å²) in [6.45, 7) is 5.54. The number of hydrogen-bond acceptors (Lipinski definition) is 4. The summed E-state index contributed by atoms with van der Waals surface area (Å²) in [5.74, 6) is -2.56. The summed E-state index contributed by atoms with van der Waals surface area (Å²) in [7, 11) is 0. The van der Waals surface area contributed by atoms with Crippen LogP contribution < -0.4 is 10.6 Å². The van der Waals surface area contributed by atoms with Gasteiger partial charge >= 0.3 is 0 Å². The topological polar surface area (TPSA) is 92.3 Å². The number of aryl methyl sites for hydroxylation is 2. The van der Waals surface area contributed by atoms with Crippen LogP contribution in [0.15, 0.2) is 109 Å². The summed E-state index contributed by atoms with van der Waals surface area (Å²) < 4.78 is 13.7. The third kappa shape index (κ3) is 12.0. The van der Waals surface area contributed by atoms with Gasteiger partial charge in [0.25, 0.3) is 0 Å². The van der Waals surface area contributed by atoms with Crippen LogP contribution in [0, 0.1) is 11.7 Å². The first-order valence-electron chi connectivity index (χ1n) is 16.5. The van der Waals surface area contributed by atoms with Crippen molar-refractivity contribution in [1.82, 2.24) is 10.6 Å². The van der Waals surface area contributed by atoms with Crippen LogP contribution >= 0.6 is 0 Å². The molecule has 48 heavy (non-hydrogen) atoms. The van der Waals surface area contributed by atoms with Gasteiger partial charge in [-0.05, 0) is 80.0 Å². The van der Waals surface area contributed by atoms with Crippen molar-refractivity contribution >= 4 is 23.4 Å². The zero-order valence-electron chi connectivity index (χ0n) is 28.0. The first-order valence-corrected chi connectivity index (χ1v) is 16.5. The number of nitrogens with one attached hydrogen (secondary N) is 2. The van der Waals surface area contributed by atoms with Gasteiger partial charge in [0.1, 0.15) is 11.6 Å². The number of benzene rings is 4. The summed E-state index contributed by atoms with van der Waals surface area (Å²) in [5.41, 5.74) is 4.28. The first kappa shape index (κ1) is 35.9. The third-order valence-electron chi connectivity index (χ3n) is 8.08. The molecular weight excluding hydrogens is 603 g/mol. The van der Waals surface area contributed by atoms with Crippen LogP contribution in [0.25, 0.3) is 11.1 Å². The Morgan fingerprint density at radius 2 is 1.27 bits per heavy atom. The fourth-order valence-electron chi connectivity index (χ4n) is 5.63. The van der Waals surface area contributed by atoms with E-state index in [-0.39, 0.29) is 49.6 Å². The lowest BCUT2D eigenvalue weighted by Crippen LogP contribution is -2.47. The molecule has 7 heteroatoms. The molecule has 0 aromatic heterocycles. The predicted molar refractivity (Wildman–Crippen MR) is 188 cm³/mol. The molecule has 0 aliphatic heterocycles. The molecule has 0 radical (unpaired) electrons. The largest absolute Gasteiger partial charge is 0.351 e. The quantitative estimate of drug-likeness (QED) is 0.134. The lowest BCUT2D eigenvalue weighted by molar-refractivity contribution is -0.135. The molecular formula is C41H45FN2O4. The smallest absolute Gasteiger partial charge is 0.224 e. The molecule has 0 fully saturated rings. The lowest BCUT2D eigenvalue weighted by Gasteiger charge is -2.24. The summed E-state index contributed by atoms with van der Waals surface area (Å²) in [6.07, 6.45) is 1.22. The second-order valence-electron chi connectivity index (χ2n) is 13.4. The summed E-state index contributed by atoms with van der Waals surface area (Å²) >= 11 is 0. The van der Waals surface area contributed by atoms with E-state index >= 15 is 0 Å². The van der Waals surface area contributed by atoms with Crippen molar-refractivity contribution in [2.75, 3.05) is 0 Å². The summed E-state index contributed by atoms with van der Waals surface area (Å²) in [5, 5.41) is 5.77. The van der Waals surface area contributed by atoms with E-state index in [0.717, 1.165) is 22.3 Å². The molecule has 0 spiro atoms. The van der Waals surface area contributed by atoms with Crippen molar-refractivity contribution in [3.63, 3.8) is 0 Å². The van der Waals surface area contributed by atoms with E-state index < -0.39 is 29.2 Å². The van der Waals surface area contributed by atoms with E-state index in [1.165, 1.54) is 12.1 Å². The molecule has 0 unspecified atom stereocenters. The maximum Gasteiger partial charge on any atom is 0.224 e. The highest BCUT2D eigenvalue weighted by Crippen LogP contribution is 2.21. The van der Waals surface area contributed by atoms with Crippen molar-refractivity contribution in [2.45, 2.75) is 77.3 Å². The van der Waals surface area contributed by atoms with Crippen molar-refractivity contribution in [3.8, 4) is 11.1 Å². The van der Waals surface area contributed by atoms with Crippen LogP contribution in [0.5, 0.6) is 0 Å². The molecule has 2 amide bonds. The van der Waals surface area contributed by atoms with Gasteiger partial charge in [0, 0.05) is 31.2 Å². The Hall–Kier alpha value is -4.91. The van der Waals surface area contributed by atoms with Gasteiger partial charge < -0.3 is 10.6 Å². The highest BCUT2D eigenvalue weighted by molar-refractivity contribution is 5.94. The Bertz CT molecular complexity index is 1660. The van der Waals surface area contributed by atoms with Crippen LogP contribution in [0.1, 0.15) is 63.1 Å². The Balaban J connectivity index is 1.49. The average molecular weight is 649 g/mol. The normalized spacial score (nSPS) is 12.5. The van der Waals surface area contributed by atoms with Gasteiger partial charge in [-0.3, -0.25) is 19.2 Å². The van der Waals surface area contributed by atoms with Gasteiger partial charge in [0.15, 0.2) is 5.78 Å². The lowest BCUT2D eigenvalue weighted by atomic mass is 9.92. The molecule has 4 aromatic carbocycles. The minimum Gasteiger partial charge on any atom is -0.351 e. The molecule has 0 aliphatic carbocycles. The van der Waals surface area contributed by atoms with Gasteiger partial charge in [0.2, 0.25) is 11.8 Å². The minimum absolute atomic E-state index is 0.125. The molecule has 0 aliphatic rings. The van der Waals surface area contributed by atoms with Crippen molar-refractivity contribution in [3.05, 3.63) is 132 Å². The van der Waals surface area contributed by atoms with E-state index in [9.17, 15) is 23.6 Å². The summed E-state index contributed by atoms with van der Waals surface area (Å²) in [6, 6.07) is 32.5. The van der Waals surface area contributed by atoms with E-state index in [0.29, 0.717) is 18.4 Å². The van der Waals surface area contributed by atoms with Gasteiger partial charge in [-0.25, -0.2) is 4.39 Å². The SMILES string of the molecule is CC(C)(C)NC(=O)C[C@H](CC(=O)CCc1ccccc1)C(=O)N[C@@H](Cc1ccc(F)cc1)C(=O)CCc1cccc(-c2ccccc2)c1. The highest BCUT2D eigenvalue weighted by Gasteiger charge is 2.30. The summed E-state index contributed by atoms with van der Waals surface area (Å²) in [4.78, 5) is 53.7. The molecule has 2 N–H and O–H groups in total. The molecule has 6 nitrogen and oxygen atoms in total. The van der Waals surface area contributed by atoms with E-state index in [1.54, 1.807) is 12.1 Å². The van der Waals surface area contributed by atoms with E-state index in [2.05, 4.69) is 16.7 Å². The van der Waals surface area contributed by atoms with Crippen LogP contribution in [0.3, 0.4) is 0 Å². The number of hydrogen-bond donors (Lipinski definition) is 2. The standard InChI is InChI=1S/C41H45FN2O4/c1-41(2,3)44-39(47)28-34(27-36(45)23-19-29-11-6-4-7-12-29)40(48)43-37(26-31-17-21-35(42)22-18-31)38(46)24-20-30-13-10-16-33(25-30)32-14-8-5-9-15-32/h4-18,21-22,25,34,37H,19-20,23-24,26-28H2,1-3H3,(H,43,48)(H,44,47)/t34-,37-/m0/s1. The van der Waals surface area contributed by atoms with Crippen LogP contribution in [-0.4, -0.2) is 35.0 Å². The Labute approximate surface area is 283 Å². The van der Waals surface area contributed by atoms with Crippen molar-refractivity contribution < 1.29 is 23.6 Å². The molecule has 0 saturated carbocycles. The maximum atomic E-state index is 13.8. The molecule has 0 bridgehead atoms. The van der Waals surface area contributed by atoms with Crippen LogP contribution in [-0.2, 0) is 38.4 Å². The number of carbonyl (C=O) groups is 4. The molecule has 250 valence electrons. The first-order chi connectivity index (χ1) is 22.9. The minimum atomic E-state index is -0.957. The zero-order chi connectivity index (χ0) is 34.5. The fourth-order valence-corrected chi connectivity index (χ4v) is 5.63. The highest BCUT2D eigenvalue weighted by atomic mass is 19.1. The Morgan fingerprint density at radius 3 is 1.94 bits per heavy atom. The number of halogens is 1. The number of carbonyl (C=O) groups excluding carboxylic acids is 4. The third-order valence-corrected chi connectivity index (χ3v) is 8.08. The molecule has 0 heterocycles. The number of Topliss-reactive ketones (excluding diaryl/α,β-unsaturated/α-hetero) is 2. The predicted octanol–water partition coefficient (Wildman–Crippen LogP) is 7.23.